The van der Waals surface area contributed by atoms with Crippen molar-refractivity contribution in [2.75, 3.05) is 11.2 Å². The summed E-state index contributed by atoms with van der Waals surface area (Å²) in [5, 5.41) is 8.90. The lowest BCUT2D eigenvalue weighted by atomic mass is 10.1. The normalized spacial score (nSPS) is 18.6. The summed E-state index contributed by atoms with van der Waals surface area (Å²) in [5.74, 6) is 1.43. The van der Waals surface area contributed by atoms with Crippen LogP contribution in [0, 0.1) is 12.7 Å². The van der Waals surface area contributed by atoms with E-state index in [1.165, 1.54) is 6.07 Å². The Labute approximate surface area is 102 Å². The highest BCUT2D eigenvalue weighted by Crippen LogP contribution is 2.29. The molecule has 0 saturated heterocycles. The van der Waals surface area contributed by atoms with Gasteiger partial charge in [-0.3, -0.25) is 0 Å². The number of rotatable bonds is 1. The van der Waals surface area contributed by atoms with Crippen LogP contribution in [0.15, 0.2) is 29.4 Å². The summed E-state index contributed by atoms with van der Waals surface area (Å²) in [6, 6.07) is 6.74. The number of benzene rings is 1. The fourth-order valence-electron chi connectivity index (χ4n) is 1.83. The molecule has 1 aliphatic rings. The Morgan fingerprint density at radius 2 is 2.35 bits per heavy atom. The number of hydrogen-bond donors (Lipinski definition) is 1. The second kappa shape index (κ2) is 4.03. The van der Waals surface area contributed by atoms with Crippen molar-refractivity contribution in [1.29, 1.82) is 0 Å². The standard InChI is InChI=1S/C11H11FN4S/c1-7-13-14-11-16(7)15-10(6-17-11)8-3-2-4-9(12)5-8/h2-5,10,15H,6H2,1H3. The third-order valence-corrected chi connectivity index (χ3v) is 3.73. The monoisotopic (exact) mass is 250 g/mol. The maximum Gasteiger partial charge on any atom is 0.210 e. The van der Waals surface area contributed by atoms with Crippen molar-refractivity contribution in [3.8, 4) is 0 Å². The molecule has 2 heterocycles. The first-order valence-corrected chi connectivity index (χ1v) is 6.29. The van der Waals surface area contributed by atoms with E-state index in [9.17, 15) is 4.39 Å². The molecule has 0 spiro atoms. The lowest BCUT2D eigenvalue weighted by Gasteiger charge is -2.26. The van der Waals surface area contributed by atoms with E-state index in [1.54, 1.807) is 23.9 Å². The molecule has 2 aromatic rings. The molecule has 1 aromatic carbocycles. The molecule has 1 aliphatic heterocycles. The highest BCUT2D eigenvalue weighted by molar-refractivity contribution is 7.99. The van der Waals surface area contributed by atoms with Gasteiger partial charge < -0.3 is 5.43 Å². The molecule has 6 heteroatoms. The molecule has 1 N–H and O–H groups in total. The Bertz CT molecular complexity index is 554. The molecule has 17 heavy (non-hydrogen) atoms. The molecular formula is C11H11FN4S. The van der Waals surface area contributed by atoms with Crippen LogP contribution < -0.4 is 5.43 Å². The zero-order chi connectivity index (χ0) is 11.8. The minimum Gasteiger partial charge on any atom is -0.314 e. The van der Waals surface area contributed by atoms with E-state index in [4.69, 9.17) is 0 Å². The maximum absolute atomic E-state index is 13.2. The number of nitrogens with zero attached hydrogens (tertiary/aromatic N) is 3. The van der Waals surface area contributed by atoms with Crippen LogP contribution in [0.25, 0.3) is 0 Å². The van der Waals surface area contributed by atoms with Gasteiger partial charge in [0.2, 0.25) is 5.16 Å². The second-order valence-corrected chi connectivity index (χ2v) is 4.90. The van der Waals surface area contributed by atoms with Gasteiger partial charge in [0.1, 0.15) is 11.6 Å². The average molecular weight is 250 g/mol. The number of hydrogen-bond acceptors (Lipinski definition) is 4. The largest absolute Gasteiger partial charge is 0.314 e. The number of aryl methyl sites for hydroxylation is 1. The first kappa shape index (κ1) is 10.6. The second-order valence-electron chi connectivity index (χ2n) is 3.91. The fourth-order valence-corrected chi connectivity index (χ4v) is 2.83. The molecule has 1 unspecified atom stereocenters. The van der Waals surface area contributed by atoms with Gasteiger partial charge in [0.15, 0.2) is 0 Å². The van der Waals surface area contributed by atoms with E-state index in [1.807, 2.05) is 17.7 Å². The Hall–Kier alpha value is -1.56. The summed E-state index contributed by atoms with van der Waals surface area (Å²) in [6.07, 6.45) is 0. The average Bonchev–Trinajstić information content (AvgIpc) is 2.71. The van der Waals surface area contributed by atoms with Crippen LogP contribution in [-0.4, -0.2) is 20.6 Å². The maximum atomic E-state index is 13.2. The Balaban J connectivity index is 1.91. The number of thioether (sulfide) groups is 1. The lowest BCUT2D eigenvalue weighted by molar-refractivity contribution is 0.613. The predicted molar refractivity (Wildman–Crippen MR) is 64.0 cm³/mol. The molecular weight excluding hydrogens is 239 g/mol. The minimum atomic E-state index is -0.208. The molecule has 88 valence electrons. The van der Waals surface area contributed by atoms with Crippen molar-refractivity contribution in [2.24, 2.45) is 0 Å². The van der Waals surface area contributed by atoms with Crippen LogP contribution in [0.4, 0.5) is 4.39 Å². The highest BCUT2D eigenvalue weighted by Gasteiger charge is 2.22. The summed E-state index contributed by atoms with van der Waals surface area (Å²) in [7, 11) is 0. The van der Waals surface area contributed by atoms with E-state index in [0.717, 1.165) is 22.3 Å². The Kier molecular flexibility index (Phi) is 2.51. The van der Waals surface area contributed by atoms with E-state index in [2.05, 4.69) is 15.6 Å². The molecule has 0 bridgehead atoms. The van der Waals surface area contributed by atoms with Gasteiger partial charge in [-0.1, -0.05) is 23.9 Å². The first-order valence-electron chi connectivity index (χ1n) is 5.31. The van der Waals surface area contributed by atoms with Crippen molar-refractivity contribution in [1.82, 2.24) is 14.9 Å². The van der Waals surface area contributed by atoms with Crippen LogP contribution in [0.5, 0.6) is 0 Å². The van der Waals surface area contributed by atoms with E-state index >= 15 is 0 Å². The molecule has 0 amide bonds. The summed E-state index contributed by atoms with van der Waals surface area (Å²) >= 11 is 1.62. The minimum absolute atomic E-state index is 0.0814. The van der Waals surface area contributed by atoms with Crippen LogP contribution >= 0.6 is 11.8 Å². The summed E-state index contributed by atoms with van der Waals surface area (Å²) < 4.78 is 15.0. The van der Waals surface area contributed by atoms with Crippen molar-refractivity contribution in [3.05, 3.63) is 41.5 Å². The highest BCUT2D eigenvalue weighted by atomic mass is 32.2. The van der Waals surface area contributed by atoms with Crippen molar-refractivity contribution < 1.29 is 4.39 Å². The lowest BCUT2D eigenvalue weighted by Crippen LogP contribution is -2.28. The van der Waals surface area contributed by atoms with Crippen molar-refractivity contribution in [3.63, 3.8) is 0 Å². The predicted octanol–water partition coefficient (Wildman–Crippen LogP) is 2.12. The number of halogens is 1. The molecule has 0 saturated carbocycles. The van der Waals surface area contributed by atoms with Gasteiger partial charge in [-0.25, -0.2) is 9.07 Å². The quantitative estimate of drug-likeness (QED) is 0.842. The molecule has 3 rings (SSSR count). The zero-order valence-electron chi connectivity index (χ0n) is 9.22. The number of aromatic nitrogens is 3. The Morgan fingerprint density at radius 3 is 3.18 bits per heavy atom. The van der Waals surface area contributed by atoms with Crippen LogP contribution in [0.2, 0.25) is 0 Å². The molecule has 1 aromatic heterocycles. The van der Waals surface area contributed by atoms with Crippen molar-refractivity contribution in [2.45, 2.75) is 18.1 Å². The number of fused-ring (bicyclic) bond motifs is 1. The third-order valence-electron chi connectivity index (χ3n) is 2.71. The molecule has 0 radical (unpaired) electrons. The van der Waals surface area contributed by atoms with Gasteiger partial charge in [-0.2, -0.15) is 0 Å². The van der Waals surface area contributed by atoms with Gasteiger partial charge in [0, 0.05) is 5.75 Å². The Morgan fingerprint density at radius 1 is 1.47 bits per heavy atom. The first-order chi connectivity index (χ1) is 8.24. The van der Waals surface area contributed by atoms with Gasteiger partial charge >= 0.3 is 0 Å². The summed E-state index contributed by atoms with van der Waals surface area (Å²) in [6.45, 7) is 1.89. The van der Waals surface area contributed by atoms with Crippen LogP contribution in [-0.2, 0) is 0 Å². The topological polar surface area (TPSA) is 42.7 Å². The van der Waals surface area contributed by atoms with Crippen LogP contribution in [0.3, 0.4) is 0 Å². The molecule has 4 nitrogen and oxygen atoms in total. The third kappa shape index (κ3) is 1.88. The SMILES string of the molecule is Cc1nnc2n1NC(c1cccc(F)c1)CS2. The summed E-state index contributed by atoms with van der Waals surface area (Å²) in [5.41, 5.74) is 4.23. The van der Waals surface area contributed by atoms with E-state index < -0.39 is 0 Å². The van der Waals surface area contributed by atoms with Gasteiger partial charge in [-0.05, 0) is 24.6 Å². The number of nitrogens with one attached hydrogen (secondary N) is 1. The van der Waals surface area contributed by atoms with E-state index in [0.29, 0.717) is 0 Å². The fraction of sp³-hybridized carbons (Fsp3) is 0.273. The smallest absolute Gasteiger partial charge is 0.210 e. The molecule has 0 fully saturated rings. The van der Waals surface area contributed by atoms with Crippen LogP contribution in [0.1, 0.15) is 17.4 Å². The van der Waals surface area contributed by atoms with Gasteiger partial charge in [0.25, 0.3) is 0 Å². The van der Waals surface area contributed by atoms with Gasteiger partial charge in [-0.15, -0.1) is 10.2 Å². The molecule has 1 atom stereocenters. The van der Waals surface area contributed by atoms with E-state index in [-0.39, 0.29) is 11.9 Å². The van der Waals surface area contributed by atoms with Crippen molar-refractivity contribution >= 4 is 11.8 Å². The zero-order valence-corrected chi connectivity index (χ0v) is 10.0. The summed E-state index contributed by atoms with van der Waals surface area (Å²) in [4.78, 5) is 0. The van der Waals surface area contributed by atoms with Gasteiger partial charge in [0.05, 0.1) is 6.04 Å². The molecule has 0 aliphatic carbocycles.